The summed E-state index contributed by atoms with van der Waals surface area (Å²) in [6.07, 6.45) is 5.46. The number of hydrogen-bond acceptors (Lipinski definition) is 4. The molecular weight excluding hydrogens is 401 g/mol. The van der Waals surface area contributed by atoms with Gasteiger partial charge in [0.1, 0.15) is 17.2 Å². The Morgan fingerprint density at radius 3 is 2.41 bits per heavy atom. The number of benzene rings is 2. The minimum atomic E-state index is -0.444. The van der Waals surface area contributed by atoms with Gasteiger partial charge in [-0.1, -0.05) is 26.0 Å². The van der Waals surface area contributed by atoms with Crippen LogP contribution in [-0.2, 0) is 0 Å². The van der Waals surface area contributed by atoms with E-state index >= 15 is 0 Å². The van der Waals surface area contributed by atoms with E-state index in [1.165, 1.54) is 30.9 Å². The van der Waals surface area contributed by atoms with Crippen molar-refractivity contribution in [3.05, 3.63) is 66.1 Å². The number of fused-ring (bicyclic) bond motifs is 1. The van der Waals surface area contributed by atoms with Crippen LogP contribution in [0.4, 0.5) is 15.8 Å². The van der Waals surface area contributed by atoms with Gasteiger partial charge < -0.3 is 10.6 Å². The zero-order valence-electron chi connectivity index (χ0n) is 18.6. The standard InChI is InChI=1S/C26H28FN5/c1-17(2)18-6-9-20(10-7-18)32-25(19-8-11-22(28)21(27)16-19)30-24-23(12-13-29-26(24)32)31-14-4-3-5-15-31/h6-13,16-17H,3-5,14-15,28H2,1-2H3. The van der Waals surface area contributed by atoms with Crippen molar-refractivity contribution in [2.45, 2.75) is 39.0 Å². The van der Waals surface area contributed by atoms with Gasteiger partial charge in [-0.25, -0.2) is 14.4 Å². The number of imidazole rings is 1. The lowest BCUT2D eigenvalue weighted by atomic mass is 10.0. The number of halogens is 1. The first-order valence-corrected chi connectivity index (χ1v) is 11.3. The SMILES string of the molecule is CC(C)c1ccc(-n2c(-c3ccc(N)c(F)c3)nc3c(N4CCCCC4)ccnc32)cc1. The van der Waals surface area contributed by atoms with E-state index in [0.717, 1.165) is 35.6 Å². The van der Waals surface area contributed by atoms with Crippen molar-refractivity contribution in [3.8, 4) is 17.1 Å². The van der Waals surface area contributed by atoms with Crippen LogP contribution in [-0.4, -0.2) is 27.6 Å². The molecule has 2 N–H and O–H groups in total. The molecule has 0 bridgehead atoms. The molecule has 0 radical (unpaired) electrons. The fourth-order valence-corrected chi connectivity index (χ4v) is 4.46. The van der Waals surface area contributed by atoms with Crippen molar-refractivity contribution >= 4 is 22.5 Å². The Labute approximate surface area is 187 Å². The van der Waals surface area contributed by atoms with Crippen LogP contribution in [0.3, 0.4) is 0 Å². The van der Waals surface area contributed by atoms with Crippen LogP contribution in [0.15, 0.2) is 54.7 Å². The lowest BCUT2D eigenvalue weighted by Gasteiger charge is -2.28. The van der Waals surface area contributed by atoms with Gasteiger partial charge in [-0.3, -0.25) is 4.57 Å². The van der Waals surface area contributed by atoms with Crippen LogP contribution in [0, 0.1) is 5.82 Å². The minimum Gasteiger partial charge on any atom is -0.396 e. The number of nitrogens with zero attached hydrogens (tertiary/aromatic N) is 4. The van der Waals surface area contributed by atoms with E-state index in [1.54, 1.807) is 6.07 Å². The van der Waals surface area contributed by atoms with E-state index in [9.17, 15) is 4.39 Å². The van der Waals surface area contributed by atoms with Gasteiger partial charge in [-0.05, 0) is 67.1 Å². The van der Waals surface area contributed by atoms with E-state index in [-0.39, 0.29) is 5.69 Å². The van der Waals surface area contributed by atoms with Gasteiger partial charge in [0, 0.05) is 30.5 Å². The Hall–Kier alpha value is -3.41. The molecule has 2 aromatic carbocycles. The van der Waals surface area contributed by atoms with Crippen LogP contribution < -0.4 is 10.6 Å². The van der Waals surface area contributed by atoms with Crippen LogP contribution in [0.2, 0.25) is 0 Å². The molecule has 0 amide bonds. The Balaban J connectivity index is 1.74. The molecule has 1 fully saturated rings. The molecule has 4 aromatic rings. The number of nitrogen functional groups attached to an aromatic ring is 1. The van der Waals surface area contributed by atoms with Crippen molar-refractivity contribution in [2.75, 3.05) is 23.7 Å². The molecule has 5 nitrogen and oxygen atoms in total. The first-order chi connectivity index (χ1) is 15.5. The number of anilines is 2. The lowest BCUT2D eigenvalue weighted by Crippen LogP contribution is -2.29. The molecule has 3 heterocycles. The van der Waals surface area contributed by atoms with E-state index in [2.05, 4.69) is 43.0 Å². The number of aromatic nitrogens is 3. The van der Waals surface area contributed by atoms with E-state index < -0.39 is 5.82 Å². The molecular formula is C26H28FN5. The summed E-state index contributed by atoms with van der Waals surface area (Å²) in [5, 5.41) is 0. The zero-order chi connectivity index (χ0) is 22.2. The zero-order valence-corrected chi connectivity index (χ0v) is 18.6. The monoisotopic (exact) mass is 429 g/mol. The summed E-state index contributed by atoms with van der Waals surface area (Å²) in [4.78, 5) is 12.1. The Morgan fingerprint density at radius 1 is 0.969 bits per heavy atom. The lowest BCUT2D eigenvalue weighted by molar-refractivity contribution is 0.578. The highest BCUT2D eigenvalue weighted by Crippen LogP contribution is 2.34. The van der Waals surface area contributed by atoms with Gasteiger partial charge in [0.2, 0.25) is 0 Å². The van der Waals surface area contributed by atoms with E-state index in [0.29, 0.717) is 17.3 Å². The average Bonchev–Trinajstić information content (AvgIpc) is 3.21. The summed E-state index contributed by atoms with van der Waals surface area (Å²) in [6, 6.07) is 15.3. The maximum atomic E-state index is 14.4. The molecule has 0 atom stereocenters. The quantitative estimate of drug-likeness (QED) is 0.409. The van der Waals surface area contributed by atoms with Crippen molar-refractivity contribution in [1.82, 2.24) is 14.5 Å². The highest BCUT2D eigenvalue weighted by molar-refractivity contribution is 5.90. The Bertz CT molecular complexity index is 1250. The highest BCUT2D eigenvalue weighted by Gasteiger charge is 2.22. The number of pyridine rings is 1. The maximum Gasteiger partial charge on any atom is 0.167 e. The van der Waals surface area contributed by atoms with Gasteiger partial charge in [0.25, 0.3) is 0 Å². The predicted octanol–water partition coefficient (Wildman–Crippen LogP) is 5.92. The fourth-order valence-electron chi connectivity index (χ4n) is 4.46. The normalized spacial score (nSPS) is 14.4. The molecule has 0 saturated carbocycles. The molecule has 0 unspecified atom stereocenters. The molecule has 32 heavy (non-hydrogen) atoms. The third-order valence-electron chi connectivity index (χ3n) is 6.30. The number of piperidine rings is 1. The number of rotatable bonds is 4. The predicted molar refractivity (Wildman–Crippen MR) is 129 cm³/mol. The Kier molecular flexibility index (Phi) is 5.29. The van der Waals surface area contributed by atoms with Gasteiger partial charge in [-0.15, -0.1) is 0 Å². The fraction of sp³-hybridized carbons (Fsp3) is 0.308. The first-order valence-electron chi connectivity index (χ1n) is 11.3. The molecule has 6 heteroatoms. The van der Waals surface area contributed by atoms with Gasteiger partial charge in [0.15, 0.2) is 5.65 Å². The van der Waals surface area contributed by atoms with Crippen molar-refractivity contribution < 1.29 is 4.39 Å². The van der Waals surface area contributed by atoms with Crippen LogP contribution >= 0.6 is 0 Å². The molecule has 164 valence electrons. The molecule has 1 aliphatic rings. The van der Waals surface area contributed by atoms with Crippen molar-refractivity contribution in [1.29, 1.82) is 0 Å². The van der Waals surface area contributed by atoms with Gasteiger partial charge in [-0.2, -0.15) is 0 Å². The second kappa shape index (κ2) is 8.26. The summed E-state index contributed by atoms with van der Waals surface area (Å²) >= 11 is 0. The second-order valence-corrected chi connectivity index (χ2v) is 8.80. The topological polar surface area (TPSA) is 60.0 Å². The number of hydrogen-bond donors (Lipinski definition) is 1. The molecule has 1 aliphatic heterocycles. The smallest absolute Gasteiger partial charge is 0.167 e. The largest absolute Gasteiger partial charge is 0.396 e. The summed E-state index contributed by atoms with van der Waals surface area (Å²) in [6.45, 7) is 6.38. The Morgan fingerprint density at radius 2 is 1.72 bits per heavy atom. The average molecular weight is 430 g/mol. The summed E-state index contributed by atoms with van der Waals surface area (Å²) < 4.78 is 16.4. The molecule has 2 aromatic heterocycles. The number of nitrogens with two attached hydrogens (primary N) is 1. The second-order valence-electron chi connectivity index (χ2n) is 8.80. The van der Waals surface area contributed by atoms with Gasteiger partial charge >= 0.3 is 0 Å². The summed E-state index contributed by atoms with van der Waals surface area (Å²) in [5.41, 5.74) is 11.5. The third-order valence-corrected chi connectivity index (χ3v) is 6.30. The third kappa shape index (κ3) is 3.60. The van der Waals surface area contributed by atoms with E-state index in [1.807, 2.05) is 22.9 Å². The summed E-state index contributed by atoms with van der Waals surface area (Å²) in [7, 11) is 0. The first kappa shape index (κ1) is 20.5. The van der Waals surface area contributed by atoms with Crippen LogP contribution in [0.25, 0.3) is 28.2 Å². The summed E-state index contributed by atoms with van der Waals surface area (Å²) in [5.74, 6) is 0.659. The van der Waals surface area contributed by atoms with E-state index in [4.69, 9.17) is 15.7 Å². The van der Waals surface area contributed by atoms with Gasteiger partial charge in [0.05, 0.1) is 11.4 Å². The van der Waals surface area contributed by atoms with Crippen molar-refractivity contribution in [3.63, 3.8) is 0 Å². The minimum absolute atomic E-state index is 0.129. The van der Waals surface area contributed by atoms with Crippen LogP contribution in [0.1, 0.15) is 44.6 Å². The highest BCUT2D eigenvalue weighted by atomic mass is 19.1. The maximum absolute atomic E-state index is 14.4. The van der Waals surface area contributed by atoms with Crippen LogP contribution in [0.5, 0.6) is 0 Å². The molecule has 1 saturated heterocycles. The van der Waals surface area contributed by atoms with Crippen molar-refractivity contribution in [2.24, 2.45) is 0 Å². The molecule has 5 rings (SSSR count). The molecule has 0 aliphatic carbocycles. The molecule has 0 spiro atoms.